The van der Waals surface area contributed by atoms with Crippen LogP contribution < -0.4 is 5.32 Å². The number of nitrogens with zero attached hydrogens (tertiary/aromatic N) is 1. The lowest BCUT2D eigenvalue weighted by molar-refractivity contribution is -0.133. The van der Waals surface area contributed by atoms with Crippen molar-refractivity contribution in [2.24, 2.45) is 5.92 Å². The maximum atomic E-state index is 12.2. The molecule has 134 valence electrons. The Morgan fingerprint density at radius 2 is 1.80 bits per heavy atom. The number of hydrogen-bond donors (Lipinski definition) is 1. The minimum absolute atomic E-state index is 0.00229. The summed E-state index contributed by atoms with van der Waals surface area (Å²) in [6.45, 7) is 3.56. The van der Waals surface area contributed by atoms with Crippen molar-refractivity contribution in [2.75, 3.05) is 13.1 Å². The van der Waals surface area contributed by atoms with Crippen molar-refractivity contribution >= 4 is 11.8 Å². The van der Waals surface area contributed by atoms with Crippen molar-refractivity contribution in [2.45, 2.75) is 51.5 Å². The summed E-state index contributed by atoms with van der Waals surface area (Å²) in [4.78, 5) is 26.2. The van der Waals surface area contributed by atoms with Crippen LogP contribution in [-0.2, 0) is 16.0 Å². The van der Waals surface area contributed by atoms with Gasteiger partial charge >= 0.3 is 0 Å². The Morgan fingerprint density at radius 3 is 2.44 bits per heavy atom. The fraction of sp³-hybridized carbons (Fsp3) is 0.524. The zero-order valence-corrected chi connectivity index (χ0v) is 15.0. The zero-order chi connectivity index (χ0) is 17.6. The van der Waals surface area contributed by atoms with E-state index in [1.165, 1.54) is 5.56 Å². The van der Waals surface area contributed by atoms with Crippen molar-refractivity contribution < 1.29 is 9.59 Å². The fourth-order valence-electron chi connectivity index (χ4n) is 3.36. The molecule has 0 unspecified atom stereocenters. The van der Waals surface area contributed by atoms with Gasteiger partial charge in [0, 0.05) is 31.1 Å². The Bertz CT molecular complexity index is 627. The average Bonchev–Trinajstić information content (AvgIpc) is 3.46. The third-order valence-electron chi connectivity index (χ3n) is 5.11. The van der Waals surface area contributed by atoms with Crippen LogP contribution in [0.5, 0.6) is 0 Å². The van der Waals surface area contributed by atoms with E-state index >= 15 is 0 Å². The number of carbonyl (C=O) groups excluding carboxylic acids is 2. The Labute approximate surface area is 150 Å². The molecule has 1 aliphatic heterocycles. The van der Waals surface area contributed by atoms with Gasteiger partial charge in [0.15, 0.2) is 0 Å². The predicted molar refractivity (Wildman–Crippen MR) is 99.0 cm³/mol. The smallest absolute Gasteiger partial charge is 0.244 e. The lowest BCUT2D eigenvalue weighted by Crippen LogP contribution is -2.46. The predicted octanol–water partition coefficient (Wildman–Crippen LogP) is 3.08. The van der Waals surface area contributed by atoms with Gasteiger partial charge in [0.05, 0.1) is 0 Å². The summed E-state index contributed by atoms with van der Waals surface area (Å²) in [5, 5.41) is 3.10. The van der Waals surface area contributed by atoms with E-state index in [1.54, 1.807) is 6.08 Å². The van der Waals surface area contributed by atoms with Crippen LogP contribution in [0.2, 0.25) is 0 Å². The number of carbonyl (C=O) groups is 2. The van der Waals surface area contributed by atoms with Crippen molar-refractivity contribution in [1.82, 2.24) is 10.2 Å². The fourth-order valence-corrected chi connectivity index (χ4v) is 3.36. The Hall–Kier alpha value is -2.10. The highest BCUT2D eigenvalue weighted by atomic mass is 16.2. The molecular formula is C21H28N2O2. The van der Waals surface area contributed by atoms with Gasteiger partial charge in [-0.25, -0.2) is 0 Å². The maximum Gasteiger partial charge on any atom is 0.244 e. The maximum absolute atomic E-state index is 12.2. The van der Waals surface area contributed by atoms with Gasteiger partial charge in [0.2, 0.25) is 11.8 Å². The standard InChI is InChI=1S/C21H28N2O2/c1-16(7-8-17-5-3-2-4-6-17)15-20(24)22-19-11-13-23(14-12-19)21(25)18-9-10-18/h2-6,15,18-19H,7-14H2,1H3,(H,22,24). The molecule has 1 aromatic carbocycles. The van der Waals surface area contributed by atoms with Crippen LogP contribution in [0.4, 0.5) is 0 Å². The Kier molecular flexibility index (Phi) is 5.90. The van der Waals surface area contributed by atoms with E-state index in [4.69, 9.17) is 0 Å². The van der Waals surface area contributed by atoms with E-state index in [-0.39, 0.29) is 11.9 Å². The third-order valence-corrected chi connectivity index (χ3v) is 5.11. The first kappa shape index (κ1) is 17.7. The molecule has 1 aliphatic carbocycles. The first-order chi connectivity index (χ1) is 12.1. The average molecular weight is 340 g/mol. The molecular weight excluding hydrogens is 312 g/mol. The lowest BCUT2D eigenvalue weighted by atomic mass is 10.0. The molecule has 1 heterocycles. The molecule has 4 heteroatoms. The molecule has 1 saturated carbocycles. The second kappa shape index (κ2) is 8.32. The number of nitrogens with one attached hydrogen (secondary N) is 1. The van der Waals surface area contributed by atoms with E-state index in [9.17, 15) is 9.59 Å². The van der Waals surface area contributed by atoms with Gasteiger partial charge in [0.1, 0.15) is 0 Å². The quantitative estimate of drug-likeness (QED) is 0.809. The first-order valence-electron chi connectivity index (χ1n) is 9.42. The molecule has 2 aliphatic rings. The van der Waals surface area contributed by atoms with E-state index in [0.29, 0.717) is 11.8 Å². The minimum Gasteiger partial charge on any atom is -0.350 e. The van der Waals surface area contributed by atoms with Crippen LogP contribution in [-0.4, -0.2) is 35.8 Å². The first-order valence-corrected chi connectivity index (χ1v) is 9.42. The molecule has 0 bridgehead atoms. The number of benzene rings is 1. The van der Waals surface area contributed by atoms with Crippen LogP contribution in [0, 0.1) is 5.92 Å². The molecule has 1 saturated heterocycles. The number of hydrogen-bond acceptors (Lipinski definition) is 2. The van der Waals surface area contributed by atoms with Crippen LogP contribution in [0.3, 0.4) is 0 Å². The van der Waals surface area contributed by atoms with Gasteiger partial charge < -0.3 is 10.2 Å². The molecule has 3 rings (SSSR count). The number of allylic oxidation sites excluding steroid dienone is 1. The Morgan fingerprint density at radius 1 is 1.12 bits per heavy atom. The molecule has 0 radical (unpaired) electrons. The van der Waals surface area contributed by atoms with Gasteiger partial charge in [0.25, 0.3) is 0 Å². The van der Waals surface area contributed by atoms with E-state index < -0.39 is 0 Å². The molecule has 1 N–H and O–H groups in total. The summed E-state index contributed by atoms with van der Waals surface area (Å²) < 4.78 is 0. The summed E-state index contributed by atoms with van der Waals surface area (Å²) in [7, 11) is 0. The monoisotopic (exact) mass is 340 g/mol. The Balaban J connectivity index is 1.39. The number of piperidine rings is 1. The van der Waals surface area contributed by atoms with Gasteiger partial charge in [-0.15, -0.1) is 0 Å². The van der Waals surface area contributed by atoms with Crippen molar-refractivity contribution in [3.63, 3.8) is 0 Å². The van der Waals surface area contributed by atoms with E-state index in [1.807, 2.05) is 30.0 Å². The SMILES string of the molecule is CC(=CC(=O)NC1CCN(C(=O)C2CC2)CC1)CCc1ccccc1. The van der Waals surface area contributed by atoms with Gasteiger partial charge in [-0.05, 0) is 51.0 Å². The molecule has 0 atom stereocenters. The lowest BCUT2D eigenvalue weighted by Gasteiger charge is -2.32. The molecule has 4 nitrogen and oxygen atoms in total. The molecule has 0 aromatic heterocycles. The van der Waals surface area contributed by atoms with Crippen LogP contribution in [0.1, 0.15) is 44.6 Å². The van der Waals surface area contributed by atoms with Crippen LogP contribution in [0.15, 0.2) is 42.0 Å². The van der Waals surface area contributed by atoms with Gasteiger partial charge in [-0.3, -0.25) is 9.59 Å². The van der Waals surface area contributed by atoms with Gasteiger partial charge in [-0.2, -0.15) is 0 Å². The second-order valence-corrected chi connectivity index (χ2v) is 7.36. The zero-order valence-electron chi connectivity index (χ0n) is 15.0. The van der Waals surface area contributed by atoms with E-state index in [0.717, 1.165) is 57.2 Å². The number of amides is 2. The topological polar surface area (TPSA) is 49.4 Å². The highest BCUT2D eigenvalue weighted by molar-refractivity contribution is 5.88. The minimum atomic E-state index is -0.00229. The summed E-state index contributed by atoms with van der Waals surface area (Å²) in [5.74, 6) is 0.611. The summed E-state index contributed by atoms with van der Waals surface area (Å²) in [6.07, 6.45) is 7.42. The third kappa shape index (κ3) is 5.45. The highest BCUT2D eigenvalue weighted by Crippen LogP contribution is 2.31. The number of likely N-dealkylation sites (tertiary alicyclic amines) is 1. The van der Waals surface area contributed by atoms with Crippen LogP contribution >= 0.6 is 0 Å². The molecule has 1 aromatic rings. The normalized spacial score (nSPS) is 18.9. The molecule has 0 spiro atoms. The molecule has 2 fully saturated rings. The van der Waals surface area contributed by atoms with Crippen LogP contribution in [0.25, 0.3) is 0 Å². The summed E-state index contributed by atoms with van der Waals surface area (Å²) in [5.41, 5.74) is 2.39. The largest absolute Gasteiger partial charge is 0.350 e. The van der Waals surface area contributed by atoms with Gasteiger partial charge in [-0.1, -0.05) is 35.9 Å². The van der Waals surface area contributed by atoms with E-state index in [2.05, 4.69) is 17.4 Å². The van der Waals surface area contributed by atoms with Crippen molar-refractivity contribution in [3.8, 4) is 0 Å². The molecule has 25 heavy (non-hydrogen) atoms. The summed E-state index contributed by atoms with van der Waals surface area (Å²) >= 11 is 0. The molecule has 2 amide bonds. The summed E-state index contributed by atoms with van der Waals surface area (Å²) in [6, 6.07) is 10.5. The highest BCUT2D eigenvalue weighted by Gasteiger charge is 2.34. The second-order valence-electron chi connectivity index (χ2n) is 7.36. The number of aryl methyl sites for hydroxylation is 1. The van der Waals surface area contributed by atoms with Crippen molar-refractivity contribution in [3.05, 3.63) is 47.5 Å². The number of rotatable bonds is 6. The van der Waals surface area contributed by atoms with Crippen molar-refractivity contribution in [1.29, 1.82) is 0 Å².